The average molecular weight is 347 g/mol. The number of rotatable bonds is 4. The van der Waals surface area contributed by atoms with Crippen molar-refractivity contribution in [3.8, 4) is 0 Å². The largest absolute Gasteiger partial charge is 0.445 e. The summed E-state index contributed by atoms with van der Waals surface area (Å²) < 4.78 is 5.54. The fourth-order valence-corrected chi connectivity index (χ4v) is 3.90. The van der Waals surface area contributed by atoms with Crippen LogP contribution in [-0.4, -0.2) is 29.4 Å². The number of carbonyl (C=O) groups excluding carboxylic acids is 2. The first-order valence-corrected chi connectivity index (χ1v) is 9.00. The lowest BCUT2D eigenvalue weighted by atomic mass is 9.94. The molecule has 1 amide bonds. The van der Waals surface area contributed by atoms with Crippen LogP contribution in [0.15, 0.2) is 60.7 Å². The number of ether oxygens (including phenoxy) is 1. The van der Waals surface area contributed by atoms with Crippen molar-refractivity contribution in [1.29, 1.82) is 0 Å². The van der Waals surface area contributed by atoms with Crippen LogP contribution < -0.4 is 0 Å². The van der Waals surface area contributed by atoms with E-state index in [1.807, 2.05) is 59.5 Å². The topological polar surface area (TPSA) is 46.6 Å². The summed E-state index contributed by atoms with van der Waals surface area (Å²) in [5, 5.41) is 0. The van der Waals surface area contributed by atoms with Gasteiger partial charge in [-0.3, -0.25) is 9.69 Å². The van der Waals surface area contributed by atoms with Gasteiger partial charge in [0.05, 0.1) is 6.04 Å². The van der Waals surface area contributed by atoms with E-state index in [0.29, 0.717) is 12.2 Å². The molecule has 0 aromatic heterocycles. The van der Waals surface area contributed by atoms with E-state index in [0.717, 1.165) is 36.7 Å². The number of benzene rings is 2. The van der Waals surface area contributed by atoms with Crippen LogP contribution in [-0.2, 0) is 11.3 Å². The molecule has 1 saturated heterocycles. The molecule has 0 spiro atoms. The second kappa shape index (κ2) is 7.16. The molecular formula is C22H21NO3. The molecule has 4 rings (SSSR count). The molecule has 0 aliphatic carbocycles. The van der Waals surface area contributed by atoms with Gasteiger partial charge in [-0.15, -0.1) is 0 Å². The van der Waals surface area contributed by atoms with Crippen molar-refractivity contribution >= 4 is 18.0 Å². The smallest absolute Gasteiger partial charge is 0.410 e. The quantitative estimate of drug-likeness (QED) is 0.767. The second-order valence-electron chi connectivity index (χ2n) is 6.88. The molecule has 2 aliphatic rings. The van der Waals surface area contributed by atoms with Crippen molar-refractivity contribution in [1.82, 2.24) is 4.90 Å². The maximum Gasteiger partial charge on any atom is 0.410 e. The Labute approximate surface area is 153 Å². The lowest BCUT2D eigenvalue weighted by Gasteiger charge is -2.33. The lowest BCUT2D eigenvalue weighted by Crippen LogP contribution is -2.43. The van der Waals surface area contributed by atoms with Gasteiger partial charge in [0.1, 0.15) is 12.9 Å². The van der Waals surface area contributed by atoms with E-state index in [9.17, 15) is 9.59 Å². The van der Waals surface area contributed by atoms with Gasteiger partial charge in [-0.1, -0.05) is 60.7 Å². The molecule has 132 valence electrons. The van der Waals surface area contributed by atoms with E-state index in [-0.39, 0.29) is 18.2 Å². The monoisotopic (exact) mass is 347 g/mol. The van der Waals surface area contributed by atoms with Crippen molar-refractivity contribution in [3.63, 3.8) is 0 Å². The van der Waals surface area contributed by atoms with Crippen LogP contribution in [0.5, 0.6) is 0 Å². The summed E-state index contributed by atoms with van der Waals surface area (Å²) in [4.78, 5) is 25.3. The Bertz CT molecular complexity index is 826. The highest BCUT2D eigenvalue weighted by molar-refractivity contribution is 5.78. The Morgan fingerprint density at radius 3 is 2.54 bits per heavy atom. The van der Waals surface area contributed by atoms with Crippen molar-refractivity contribution in [2.75, 3.05) is 0 Å². The third-order valence-corrected chi connectivity index (χ3v) is 5.23. The Morgan fingerprint density at radius 2 is 1.85 bits per heavy atom. The van der Waals surface area contributed by atoms with Crippen LogP contribution in [0.25, 0.3) is 5.57 Å². The number of aldehydes is 1. The summed E-state index contributed by atoms with van der Waals surface area (Å²) in [6, 6.07) is 17.7. The zero-order chi connectivity index (χ0) is 17.9. The van der Waals surface area contributed by atoms with Gasteiger partial charge in [0.25, 0.3) is 0 Å². The van der Waals surface area contributed by atoms with E-state index in [1.165, 1.54) is 5.57 Å². The molecule has 2 unspecified atom stereocenters. The highest BCUT2D eigenvalue weighted by atomic mass is 16.6. The van der Waals surface area contributed by atoms with Gasteiger partial charge >= 0.3 is 6.09 Å². The van der Waals surface area contributed by atoms with Crippen LogP contribution in [0, 0.1) is 0 Å². The van der Waals surface area contributed by atoms with Crippen molar-refractivity contribution < 1.29 is 14.3 Å². The van der Waals surface area contributed by atoms with Gasteiger partial charge in [-0.25, -0.2) is 4.79 Å². The van der Waals surface area contributed by atoms with Crippen LogP contribution in [0.3, 0.4) is 0 Å². The fourth-order valence-electron chi connectivity index (χ4n) is 3.90. The van der Waals surface area contributed by atoms with Crippen LogP contribution in [0.2, 0.25) is 0 Å². The minimum atomic E-state index is -0.229. The molecule has 4 heteroatoms. The Kier molecular flexibility index (Phi) is 4.57. The minimum Gasteiger partial charge on any atom is -0.445 e. The molecule has 4 nitrogen and oxygen atoms in total. The number of fused-ring (bicyclic) bond motifs is 2. The van der Waals surface area contributed by atoms with Crippen molar-refractivity contribution in [2.45, 2.75) is 38.0 Å². The first-order valence-electron chi connectivity index (χ1n) is 9.00. The molecule has 1 fully saturated rings. The lowest BCUT2D eigenvalue weighted by molar-refractivity contribution is 0.0832. The minimum absolute atomic E-state index is 0.0952. The summed E-state index contributed by atoms with van der Waals surface area (Å²) in [6.45, 7) is 0.305. The van der Waals surface area contributed by atoms with Gasteiger partial charge < -0.3 is 4.74 Å². The summed E-state index contributed by atoms with van der Waals surface area (Å²) >= 11 is 0. The average Bonchev–Trinajstić information content (AvgIpc) is 2.96. The maximum absolute atomic E-state index is 12.6. The van der Waals surface area contributed by atoms with Crippen LogP contribution in [0.4, 0.5) is 4.79 Å². The number of hydrogen-bond acceptors (Lipinski definition) is 3. The third kappa shape index (κ3) is 3.27. The van der Waals surface area contributed by atoms with Gasteiger partial charge in [0, 0.05) is 11.6 Å². The van der Waals surface area contributed by atoms with E-state index in [4.69, 9.17) is 4.74 Å². The molecule has 0 N–H and O–H groups in total. The molecule has 26 heavy (non-hydrogen) atoms. The first kappa shape index (κ1) is 16.6. The zero-order valence-electron chi connectivity index (χ0n) is 14.5. The molecule has 2 heterocycles. The van der Waals surface area contributed by atoms with E-state index in [1.54, 1.807) is 0 Å². The molecular weight excluding hydrogens is 326 g/mol. The summed E-state index contributed by atoms with van der Waals surface area (Å²) in [5.41, 5.74) is 4.06. The number of hydrogen-bond donors (Lipinski definition) is 0. The van der Waals surface area contributed by atoms with Crippen LogP contribution >= 0.6 is 0 Å². The highest BCUT2D eigenvalue weighted by Gasteiger charge is 2.40. The molecule has 0 saturated carbocycles. The Balaban J connectivity index is 1.45. The first-order chi connectivity index (χ1) is 12.7. The van der Waals surface area contributed by atoms with Crippen molar-refractivity contribution in [2.24, 2.45) is 0 Å². The molecule has 2 atom stereocenters. The molecule has 2 aromatic carbocycles. The van der Waals surface area contributed by atoms with Gasteiger partial charge in [0.2, 0.25) is 0 Å². The fraction of sp³-hybridized carbons (Fsp3) is 0.273. The SMILES string of the molecule is O=Cc1ccc(C2=CC3CCC(C2)N3C(=O)OCc2ccccc2)cc1. The second-order valence-corrected chi connectivity index (χ2v) is 6.88. The van der Waals surface area contributed by atoms with Crippen molar-refractivity contribution in [3.05, 3.63) is 77.4 Å². The Morgan fingerprint density at radius 1 is 1.08 bits per heavy atom. The summed E-state index contributed by atoms with van der Waals surface area (Å²) in [7, 11) is 0. The molecule has 2 aliphatic heterocycles. The Hall–Kier alpha value is -2.88. The highest BCUT2D eigenvalue weighted by Crippen LogP contribution is 2.39. The van der Waals surface area contributed by atoms with Gasteiger partial charge in [-0.2, -0.15) is 0 Å². The molecule has 2 bridgehead atoms. The van der Waals surface area contributed by atoms with E-state index in [2.05, 4.69) is 6.08 Å². The van der Waals surface area contributed by atoms with Gasteiger partial charge in [-0.05, 0) is 36.0 Å². The number of carbonyl (C=O) groups is 2. The van der Waals surface area contributed by atoms with Gasteiger partial charge in [0.15, 0.2) is 0 Å². The summed E-state index contributed by atoms with van der Waals surface area (Å²) in [6.07, 6.45) is 5.61. The predicted octanol–water partition coefficient (Wildman–Crippen LogP) is 4.46. The van der Waals surface area contributed by atoms with Crippen LogP contribution in [0.1, 0.15) is 40.7 Å². The molecule has 2 aromatic rings. The standard InChI is InChI=1S/C22H21NO3/c24-14-16-6-8-18(9-7-16)19-12-20-10-11-21(13-19)23(20)22(25)26-15-17-4-2-1-3-5-17/h1-9,12,14,20-21H,10-11,13,15H2. The maximum atomic E-state index is 12.6. The number of amides is 1. The molecule has 0 radical (unpaired) electrons. The predicted molar refractivity (Wildman–Crippen MR) is 99.7 cm³/mol. The normalized spacial score (nSPS) is 21.2. The summed E-state index contributed by atoms with van der Waals surface area (Å²) in [5.74, 6) is 0. The zero-order valence-corrected chi connectivity index (χ0v) is 14.5. The third-order valence-electron chi connectivity index (χ3n) is 5.23. The van der Waals surface area contributed by atoms with E-state index < -0.39 is 0 Å². The van der Waals surface area contributed by atoms with E-state index >= 15 is 0 Å². The number of nitrogens with zero attached hydrogens (tertiary/aromatic N) is 1.